The fourth-order valence-corrected chi connectivity index (χ4v) is 5.13. The van der Waals surface area contributed by atoms with Crippen LogP contribution in [0.1, 0.15) is 32.1 Å². The van der Waals surface area contributed by atoms with Crippen LogP contribution < -0.4 is 15.0 Å². The number of ether oxygens (including phenoxy) is 2. The Labute approximate surface area is 191 Å². The molecule has 1 aliphatic carbocycles. The average Bonchev–Trinajstić information content (AvgIpc) is 3.41. The fourth-order valence-electron chi connectivity index (χ4n) is 5.13. The van der Waals surface area contributed by atoms with Crippen molar-refractivity contribution in [2.24, 2.45) is 0 Å². The monoisotopic (exact) mass is 456 g/mol. The molecule has 3 heterocycles. The van der Waals surface area contributed by atoms with E-state index in [1.165, 1.54) is 4.90 Å². The van der Waals surface area contributed by atoms with E-state index in [0.29, 0.717) is 50.6 Å². The van der Waals surface area contributed by atoms with E-state index in [1.807, 2.05) is 0 Å². The molecule has 1 N–H and O–H groups in total. The minimum atomic E-state index is -0.819. The largest absolute Gasteiger partial charge is 0.476 e. The maximum Gasteiger partial charge on any atom is 0.325 e. The van der Waals surface area contributed by atoms with E-state index < -0.39 is 17.7 Å². The number of imide groups is 1. The fraction of sp³-hybridized carbons (Fsp3) is 0.565. The Morgan fingerprint density at radius 2 is 1.82 bits per heavy atom. The number of nitrogens with zero attached hydrogens (tertiary/aromatic N) is 3. The molecule has 0 unspecified atom stereocenters. The van der Waals surface area contributed by atoms with Gasteiger partial charge < -0.3 is 24.6 Å². The molecule has 3 fully saturated rings. The normalized spacial score (nSPS) is 24.0. The molecule has 1 spiro atoms. The van der Waals surface area contributed by atoms with Crippen LogP contribution in [0, 0.1) is 0 Å². The molecule has 4 aliphatic rings. The van der Waals surface area contributed by atoms with Crippen molar-refractivity contribution in [2.45, 2.75) is 43.7 Å². The van der Waals surface area contributed by atoms with Gasteiger partial charge in [0.15, 0.2) is 6.10 Å². The molecule has 10 heteroatoms. The van der Waals surface area contributed by atoms with Gasteiger partial charge in [-0.05, 0) is 25.0 Å². The first-order valence-corrected chi connectivity index (χ1v) is 11.6. The molecular formula is C23H28N4O6. The summed E-state index contributed by atoms with van der Waals surface area (Å²) in [6, 6.07) is 6.66. The molecule has 1 saturated carbocycles. The summed E-state index contributed by atoms with van der Waals surface area (Å²) in [6.45, 7) is 2.02. The molecule has 0 aromatic heterocycles. The van der Waals surface area contributed by atoms with Crippen molar-refractivity contribution in [2.75, 3.05) is 44.3 Å². The number of fused-ring (bicyclic) bond motifs is 1. The highest BCUT2D eigenvalue weighted by molar-refractivity contribution is 6.07. The van der Waals surface area contributed by atoms with E-state index in [1.54, 1.807) is 29.2 Å². The summed E-state index contributed by atoms with van der Waals surface area (Å²) in [5.41, 5.74) is -0.209. The molecule has 5 rings (SSSR count). The van der Waals surface area contributed by atoms with Crippen LogP contribution in [0.25, 0.3) is 0 Å². The number of hydrogen-bond acceptors (Lipinski definition) is 6. The summed E-state index contributed by atoms with van der Waals surface area (Å²) in [4.78, 5) is 56.0. The number of hydrogen-bond donors (Lipinski definition) is 1. The molecule has 33 heavy (non-hydrogen) atoms. The Balaban J connectivity index is 1.29. The lowest BCUT2D eigenvalue weighted by atomic mass is 9.98. The van der Waals surface area contributed by atoms with Crippen molar-refractivity contribution < 1.29 is 28.7 Å². The van der Waals surface area contributed by atoms with Crippen molar-refractivity contribution >= 4 is 29.4 Å². The van der Waals surface area contributed by atoms with E-state index in [4.69, 9.17) is 9.47 Å². The number of morpholine rings is 1. The van der Waals surface area contributed by atoms with E-state index in [9.17, 15) is 19.2 Å². The van der Waals surface area contributed by atoms with Crippen molar-refractivity contribution in [1.82, 2.24) is 15.1 Å². The van der Waals surface area contributed by atoms with Gasteiger partial charge in [-0.15, -0.1) is 0 Å². The smallest absolute Gasteiger partial charge is 0.325 e. The van der Waals surface area contributed by atoms with Crippen molar-refractivity contribution in [3.63, 3.8) is 0 Å². The Kier molecular flexibility index (Phi) is 5.69. The van der Waals surface area contributed by atoms with Gasteiger partial charge in [-0.2, -0.15) is 0 Å². The zero-order chi connectivity index (χ0) is 23.0. The van der Waals surface area contributed by atoms with Gasteiger partial charge in [0.05, 0.1) is 25.4 Å². The van der Waals surface area contributed by atoms with E-state index >= 15 is 0 Å². The van der Waals surface area contributed by atoms with Crippen LogP contribution >= 0.6 is 0 Å². The van der Waals surface area contributed by atoms with Crippen LogP contribution in [0.4, 0.5) is 10.5 Å². The summed E-state index contributed by atoms with van der Waals surface area (Å²) >= 11 is 0. The zero-order valence-electron chi connectivity index (χ0n) is 18.5. The van der Waals surface area contributed by atoms with Gasteiger partial charge in [0, 0.05) is 26.1 Å². The van der Waals surface area contributed by atoms with Gasteiger partial charge in [-0.1, -0.05) is 25.0 Å². The summed E-state index contributed by atoms with van der Waals surface area (Å²) in [6.07, 6.45) is 2.25. The number of nitrogens with one attached hydrogen (secondary N) is 1. The average molecular weight is 456 g/mol. The number of amides is 5. The quantitative estimate of drug-likeness (QED) is 0.675. The topological polar surface area (TPSA) is 108 Å². The number of carbonyl (C=O) groups excluding carboxylic acids is 4. The lowest BCUT2D eigenvalue weighted by molar-refractivity contribution is -0.142. The maximum atomic E-state index is 13.2. The highest BCUT2D eigenvalue weighted by atomic mass is 16.5. The summed E-state index contributed by atoms with van der Waals surface area (Å²) in [7, 11) is 0. The standard InChI is InChI=1S/C23H28N4O6/c28-19(7-10-26-21(30)23(24-22(26)31)8-3-4-9-23)27-15-18(20(29)25-11-13-32-14-12-25)33-17-6-2-1-5-16(17)27/h1-2,5-6,18H,3-4,7-15H2,(H,24,31)/t18-/m0/s1. The third-order valence-corrected chi connectivity index (χ3v) is 6.93. The molecule has 0 bridgehead atoms. The second-order valence-electron chi connectivity index (χ2n) is 8.94. The van der Waals surface area contributed by atoms with Gasteiger partial charge in [-0.25, -0.2) is 4.79 Å². The molecule has 1 atom stereocenters. The third kappa shape index (κ3) is 3.92. The van der Waals surface area contributed by atoms with E-state index in [-0.39, 0.29) is 37.2 Å². The Morgan fingerprint density at radius 1 is 1.09 bits per heavy atom. The van der Waals surface area contributed by atoms with Gasteiger partial charge in [0.25, 0.3) is 11.8 Å². The molecular weight excluding hydrogens is 428 g/mol. The Hall–Kier alpha value is -3.14. The lowest BCUT2D eigenvalue weighted by Gasteiger charge is -2.37. The predicted molar refractivity (Wildman–Crippen MR) is 117 cm³/mol. The number of benzene rings is 1. The molecule has 1 aromatic carbocycles. The van der Waals surface area contributed by atoms with Gasteiger partial charge in [0.2, 0.25) is 5.91 Å². The molecule has 0 radical (unpaired) electrons. The Bertz CT molecular complexity index is 969. The van der Waals surface area contributed by atoms with E-state index in [2.05, 4.69) is 5.32 Å². The van der Waals surface area contributed by atoms with Crippen LogP contribution in [0.15, 0.2) is 24.3 Å². The first-order chi connectivity index (χ1) is 16.0. The van der Waals surface area contributed by atoms with Crippen LogP contribution in [0.5, 0.6) is 5.75 Å². The Morgan fingerprint density at radius 3 is 2.58 bits per heavy atom. The van der Waals surface area contributed by atoms with Crippen molar-refractivity contribution in [3.05, 3.63) is 24.3 Å². The summed E-state index contributed by atoms with van der Waals surface area (Å²) in [5, 5.41) is 2.84. The lowest BCUT2D eigenvalue weighted by Crippen LogP contribution is -2.54. The van der Waals surface area contributed by atoms with Gasteiger partial charge in [0.1, 0.15) is 11.3 Å². The minimum absolute atomic E-state index is 0.00680. The first-order valence-electron chi connectivity index (χ1n) is 11.6. The van der Waals surface area contributed by atoms with Crippen LogP contribution in [0.2, 0.25) is 0 Å². The molecule has 1 aromatic rings. The van der Waals surface area contributed by atoms with Gasteiger partial charge >= 0.3 is 6.03 Å². The number of anilines is 1. The SMILES string of the molecule is O=C([C@@H]1CN(C(=O)CCN2C(=O)NC3(CCCC3)C2=O)c2ccccc2O1)N1CCOCC1. The predicted octanol–water partition coefficient (Wildman–Crippen LogP) is 0.894. The number of carbonyl (C=O) groups is 4. The number of urea groups is 1. The zero-order valence-corrected chi connectivity index (χ0v) is 18.5. The number of para-hydroxylation sites is 2. The molecule has 2 saturated heterocycles. The summed E-state index contributed by atoms with van der Waals surface area (Å²) < 4.78 is 11.3. The van der Waals surface area contributed by atoms with Crippen LogP contribution in [-0.4, -0.2) is 84.6 Å². The molecule has 3 aliphatic heterocycles. The molecule has 10 nitrogen and oxygen atoms in total. The molecule has 176 valence electrons. The van der Waals surface area contributed by atoms with Crippen LogP contribution in [0.3, 0.4) is 0 Å². The number of rotatable bonds is 4. The second-order valence-corrected chi connectivity index (χ2v) is 8.94. The summed E-state index contributed by atoms with van der Waals surface area (Å²) in [5.74, 6) is -0.217. The second kappa shape index (κ2) is 8.66. The maximum absolute atomic E-state index is 13.2. The van der Waals surface area contributed by atoms with Crippen molar-refractivity contribution in [1.29, 1.82) is 0 Å². The highest BCUT2D eigenvalue weighted by Gasteiger charge is 2.52. The minimum Gasteiger partial charge on any atom is -0.476 e. The highest BCUT2D eigenvalue weighted by Crippen LogP contribution is 2.36. The third-order valence-electron chi connectivity index (χ3n) is 6.93. The first kappa shape index (κ1) is 21.7. The molecule has 5 amide bonds. The van der Waals surface area contributed by atoms with Crippen LogP contribution in [-0.2, 0) is 19.1 Å². The van der Waals surface area contributed by atoms with Crippen molar-refractivity contribution in [3.8, 4) is 5.75 Å². The van der Waals surface area contributed by atoms with Gasteiger partial charge in [-0.3, -0.25) is 19.3 Å². The van der Waals surface area contributed by atoms with E-state index in [0.717, 1.165) is 17.7 Å².